The quantitative estimate of drug-likeness (QED) is 0.341. The fraction of sp³-hybridized carbons (Fsp3) is 0.222. The van der Waals surface area contributed by atoms with Crippen LogP contribution in [-0.2, 0) is 0 Å². The maximum atomic E-state index is 6.26. The number of fused-ring (bicyclic) bond motifs is 1. The molecule has 1 aromatic heterocycles. The first-order valence-corrected chi connectivity index (χ1v) is 10.6. The Balaban J connectivity index is 1.79. The summed E-state index contributed by atoms with van der Waals surface area (Å²) in [5, 5.41) is 1.19. The number of allylic oxidation sites excluding steroid dienone is 3. The number of hydrogen-bond acceptors (Lipinski definition) is 4. The maximum absolute atomic E-state index is 6.26. The van der Waals surface area contributed by atoms with Gasteiger partial charge in [0.05, 0.1) is 18.9 Å². The summed E-state index contributed by atoms with van der Waals surface area (Å²) in [5.74, 6) is 1.53. The van der Waals surface area contributed by atoms with Crippen molar-refractivity contribution in [3.63, 3.8) is 0 Å². The first kappa shape index (κ1) is 22.9. The number of aromatic nitrogens is 1. The Morgan fingerprint density at radius 3 is 2.66 bits per heavy atom. The molecule has 0 amide bonds. The molecule has 0 aliphatic rings. The molecule has 5 nitrogen and oxygen atoms in total. The first-order valence-electron chi connectivity index (χ1n) is 10.6. The van der Waals surface area contributed by atoms with Gasteiger partial charge in [-0.3, -0.25) is 4.99 Å². The predicted octanol–water partition coefficient (Wildman–Crippen LogP) is 5.99. The third kappa shape index (κ3) is 5.91. The molecule has 0 aliphatic carbocycles. The highest BCUT2D eigenvalue weighted by Gasteiger charge is 2.07. The predicted molar refractivity (Wildman–Crippen MR) is 135 cm³/mol. The van der Waals surface area contributed by atoms with Gasteiger partial charge >= 0.3 is 0 Å². The molecule has 2 aromatic carbocycles. The number of ether oxygens (including phenoxy) is 2. The van der Waals surface area contributed by atoms with E-state index in [1.165, 1.54) is 5.39 Å². The lowest BCUT2D eigenvalue weighted by atomic mass is 10.1. The monoisotopic (exact) mass is 429 g/mol. The summed E-state index contributed by atoms with van der Waals surface area (Å²) < 4.78 is 11.3. The zero-order chi connectivity index (χ0) is 23.1. The van der Waals surface area contributed by atoms with E-state index in [4.69, 9.17) is 15.2 Å². The van der Waals surface area contributed by atoms with E-state index < -0.39 is 0 Å². The van der Waals surface area contributed by atoms with Crippen LogP contribution in [0.15, 0.2) is 77.1 Å². The molecule has 3 aromatic rings. The molecule has 0 radical (unpaired) electrons. The van der Waals surface area contributed by atoms with E-state index in [0.29, 0.717) is 5.70 Å². The number of nitrogens with two attached hydrogens (primary N) is 1. The van der Waals surface area contributed by atoms with Crippen LogP contribution >= 0.6 is 0 Å². The molecule has 5 heteroatoms. The fourth-order valence-corrected chi connectivity index (χ4v) is 3.39. The van der Waals surface area contributed by atoms with Crippen LogP contribution in [0.3, 0.4) is 0 Å². The molecule has 0 atom stereocenters. The minimum absolute atomic E-state index is 0.104. The third-order valence-electron chi connectivity index (χ3n) is 4.94. The fourth-order valence-electron chi connectivity index (χ4n) is 3.39. The van der Waals surface area contributed by atoms with Gasteiger partial charge in [0.1, 0.15) is 11.5 Å². The lowest BCUT2D eigenvalue weighted by Gasteiger charge is -2.13. The summed E-state index contributed by atoms with van der Waals surface area (Å²) in [5.41, 5.74) is 11.8. The van der Waals surface area contributed by atoms with Crippen molar-refractivity contribution in [3.8, 4) is 11.5 Å². The Labute approximate surface area is 190 Å². The molecule has 0 spiro atoms. The lowest BCUT2D eigenvalue weighted by molar-refractivity contribution is 0.241. The summed E-state index contributed by atoms with van der Waals surface area (Å²) in [6.07, 6.45) is 9.83. The van der Waals surface area contributed by atoms with Gasteiger partial charge in [-0.05, 0) is 79.8 Å². The lowest BCUT2D eigenvalue weighted by Crippen LogP contribution is -2.05. The minimum atomic E-state index is 0.104. The van der Waals surface area contributed by atoms with Crippen LogP contribution in [0.5, 0.6) is 11.5 Å². The smallest absolute Gasteiger partial charge is 0.129 e. The third-order valence-corrected chi connectivity index (χ3v) is 4.94. The molecule has 0 aliphatic heterocycles. The van der Waals surface area contributed by atoms with E-state index in [1.54, 1.807) is 14.2 Å². The van der Waals surface area contributed by atoms with Gasteiger partial charge < -0.3 is 20.2 Å². The Morgan fingerprint density at radius 2 is 1.94 bits per heavy atom. The van der Waals surface area contributed by atoms with Gasteiger partial charge in [-0.2, -0.15) is 0 Å². The van der Waals surface area contributed by atoms with Crippen molar-refractivity contribution in [3.05, 3.63) is 83.2 Å². The molecular formula is C27H31N3O2. The number of aromatic amines is 1. The zero-order valence-corrected chi connectivity index (χ0v) is 19.3. The molecule has 0 bridgehead atoms. The number of nitrogens with zero attached hydrogens (tertiary/aromatic N) is 1. The number of aliphatic imine (C=N–C) groups is 1. The van der Waals surface area contributed by atoms with E-state index >= 15 is 0 Å². The first-order chi connectivity index (χ1) is 15.4. The van der Waals surface area contributed by atoms with Crippen molar-refractivity contribution < 1.29 is 9.47 Å². The molecule has 0 saturated heterocycles. The number of methoxy groups -OCH3 is 1. The van der Waals surface area contributed by atoms with Crippen LogP contribution in [0.4, 0.5) is 0 Å². The second-order valence-corrected chi connectivity index (χ2v) is 7.81. The number of rotatable bonds is 8. The van der Waals surface area contributed by atoms with Crippen molar-refractivity contribution in [1.82, 2.24) is 4.98 Å². The molecule has 0 saturated carbocycles. The van der Waals surface area contributed by atoms with Crippen molar-refractivity contribution in [2.75, 3.05) is 14.2 Å². The summed E-state index contributed by atoms with van der Waals surface area (Å²) in [7, 11) is 3.42. The van der Waals surface area contributed by atoms with Gasteiger partial charge in [-0.25, -0.2) is 0 Å². The van der Waals surface area contributed by atoms with Gasteiger partial charge in [-0.15, -0.1) is 0 Å². The van der Waals surface area contributed by atoms with Crippen LogP contribution < -0.4 is 15.2 Å². The Hall–Kier alpha value is -3.73. The number of benzene rings is 2. The van der Waals surface area contributed by atoms with Crippen LogP contribution in [0.2, 0.25) is 0 Å². The van der Waals surface area contributed by atoms with E-state index in [2.05, 4.69) is 34.2 Å². The molecule has 32 heavy (non-hydrogen) atoms. The standard InChI is InChI=1S/C27H31N3O2/c1-18(2)32-24-11-9-22(27(17-24)31-5)14-19(3)25(29-4)16-23(28)10-7-20-6-8-21-12-13-30-26(21)15-20/h6-18,30H,28H2,1-5H3/b10-7+,19-14+,23-16-,29-25?. The Bertz CT molecular complexity index is 1200. The second-order valence-electron chi connectivity index (χ2n) is 7.81. The highest BCUT2D eigenvalue weighted by Crippen LogP contribution is 2.27. The molecule has 0 fully saturated rings. The zero-order valence-electron chi connectivity index (χ0n) is 19.3. The van der Waals surface area contributed by atoms with Gasteiger partial charge in [0.2, 0.25) is 0 Å². The van der Waals surface area contributed by atoms with E-state index in [-0.39, 0.29) is 6.10 Å². The van der Waals surface area contributed by atoms with E-state index in [9.17, 15) is 0 Å². The van der Waals surface area contributed by atoms with Crippen LogP contribution in [0, 0.1) is 0 Å². The molecule has 0 unspecified atom stereocenters. The highest BCUT2D eigenvalue weighted by molar-refractivity contribution is 6.11. The number of hydrogen-bond donors (Lipinski definition) is 2. The summed E-state index contributed by atoms with van der Waals surface area (Å²) in [4.78, 5) is 7.64. The molecule has 3 rings (SSSR count). The van der Waals surface area contributed by atoms with E-state index in [0.717, 1.165) is 39.4 Å². The molecular weight excluding hydrogens is 398 g/mol. The maximum Gasteiger partial charge on any atom is 0.129 e. The Kier molecular flexibility index (Phi) is 7.55. The van der Waals surface area contributed by atoms with Crippen molar-refractivity contribution in [2.24, 2.45) is 10.7 Å². The van der Waals surface area contributed by atoms with Crippen LogP contribution in [0.25, 0.3) is 23.1 Å². The SMILES string of the molecule is CN=C(/C=C(N)/C=C/c1ccc2cc[nH]c2c1)/C(C)=C/c1ccc(OC(C)C)cc1OC. The second kappa shape index (κ2) is 10.5. The summed E-state index contributed by atoms with van der Waals surface area (Å²) in [6, 6.07) is 14.1. The number of nitrogens with one attached hydrogen (secondary N) is 1. The molecule has 1 heterocycles. The molecule has 3 N–H and O–H groups in total. The largest absolute Gasteiger partial charge is 0.496 e. The highest BCUT2D eigenvalue weighted by atomic mass is 16.5. The van der Waals surface area contributed by atoms with Crippen molar-refractivity contribution in [1.29, 1.82) is 0 Å². The summed E-state index contributed by atoms with van der Waals surface area (Å²) in [6.45, 7) is 6.00. The number of H-pyrrole nitrogens is 1. The molecule has 166 valence electrons. The normalized spacial score (nSPS) is 13.4. The van der Waals surface area contributed by atoms with E-state index in [1.807, 2.05) is 69.5 Å². The van der Waals surface area contributed by atoms with Crippen molar-refractivity contribution >= 4 is 28.8 Å². The average Bonchev–Trinajstić information content (AvgIpc) is 3.24. The van der Waals surface area contributed by atoms with Gasteiger partial charge in [0.25, 0.3) is 0 Å². The van der Waals surface area contributed by atoms with Crippen LogP contribution in [-0.4, -0.2) is 31.0 Å². The average molecular weight is 430 g/mol. The van der Waals surface area contributed by atoms with Crippen molar-refractivity contribution in [2.45, 2.75) is 26.9 Å². The Morgan fingerprint density at radius 1 is 1.12 bits per heavy atom. The van der Waals surface area contributed by atoms with Gasteiger partial charge in [0.15, 0.2) is 0 Å². The van der Waals surface area contributed by atoms with Gasteiger partial charge in [-0.1, -0.05) is 18.2 Å². The van der Waals surface area contributed by atoms with Gasteiger partial charge in [0, 0.05) is 36.1 Å². The summed E-state index contributed by atoms with van der Waals surface area (Å²) >= 11 is 0. The topological polar surface area (TPSA) is 72.6 Å². The minimum Gasteiger partial charge on any atom is -0.496 e. The van der Waals surface area contributed by atoms with Crippen LogP contribution in [0.1, 0.15) is 31.9 Å².